The predicted molar refractivity (Wildman–Crippen MR) is 12.0 cm³/mol. The average Bonchev–Trinajstić information content (AvgIpc) is 0.811. The summed E-state index contributed by atoms with van der Waals surface area (Å²) in [6, 6.07) is 0. The van der Waals surface area contributed by atoms with Crippen LogP contribution in [-0.2, 0) is 38.0 Å². The Bertz CT molecular complexity index is 42.3. The average molecular weight is 200 g/mol. The summed E-state index contributed by atoms with van der Waals surface area (Å²) in [5.74, 6) is 0. The molecule has 0 saturated carbocycles. The molecule has 0 aromatic carbocycles. The van der Waals surface area contributed by atoms with Crippen molar-refractivity contribution in [1.82, 2.24) is 0 Å². The first kappa shape index (κ1) is 24.0. The van der Waals surface area contributed by atoms with Gasteiger partial charge in [0.15, 0.2) is 0 Å². The first-order valence-corrected chi connectivity index (χ1v) is 1.95. The third-order valence-corrected chi connectivity index (χ3v) is 0. The van der Waals surface area contributed by atoms with E-state index >= 15 is 0 Å². The van der Waals surface area contributed by atoms with E-state index in [2.05, 4.69) is 0 Å². The van der Waals surface area contributed by atoms with Crippen molar-refractivity contribution < 1.29 is 67.9 Å². The molecule has 2 N–H and O–H groups in total. The van der Waals surface area contributed by atoms with Crippen LogP contribution in [0.15, 0.2) is 0 Å². The first-order chi connectivity index (χ1) is 1.73. The second kappa shape index (κ2) is 15.7. The molecule has 7 heavy (non-hydrogen) atoms. The molecular formula is H3LiMnNiO3Si. The maximum Gasteiger partial charge on any atom is 1.00 e. The minimum atomic E-state index is -3.13. The Labute approximate surface area is 76.8 Å². The Morgan fingerprint density at radius 1 is 1.43 bits per heavy atom. The van der Waals surface area contributed by atoms with Gasteiger partial charge >= 0.3 is 28.0 Å². The van der Waals surface area contributed by atoms with E-state index in [0.29, 0.717) is 0 Å². The van der Waals surface area contributed by atoms with Crippen LogP contribution in [0, 0.1) is 0 Å². The molecule has 0 aromatic heterocycles. The predicted octanol–water partition coefficient (Wildman–Crippen LogP) is -4.50. The molecule has 0 heterocycles. The maximum atomic E-state index is 8.74. The second-order valence-electron chi connectivity index (χ2n) is 0.283. The van der Waals surface area contributed by atoms with Crippen LogP contribution in [-0.4, -0.2) is 18.8 Å². The molecule has 3 nitrogen and oxygen atoms in total. The summed E-state index contributed by atoms with van der Waals surface area (Å²) in [4.78, 5) is 14.3. The summed E-state index contributed by atoms with van der Waals surface area (Å²) in [6.07, 6.45) is 0. The van der Waals surface area contributed by atoms with E-state index in [9.17, 15) is 0 Å². The fraction of sp³-hybridized carbons (Fsp3) is 0. The van der Waals surface area contributed by atoms with Crippen LogP contribution in [0.2, 0.25) is 0 Å². The molecule has 0 rings (SSSR count). The van der Waals surface area contributed by atoms with Crippen LogP contribution >= 0.6 is 0 Å². The maximum absolute atomic E-state index is 8.74. The van der Waals surface area contributed by atoms with E-state index in [0.717, 1.165) is 0 Å². The van der Waals surface area contributed by atoms with Crippen LogP contribution in [0.5, 0.6) is 0 Å². The van der Waals surface area contributed by atoms with Crippen molar-refractivity contribution in [2.45, 2.75) is 0 Å². The van der Waals surface area contributed by atoms with Crippen LogP contribution in [0.1, 0.15) is 1.43 Å². The van der Waals surface area contributed by atoms with Crippen molar-refractivity contribution in [1.29, 1.82) is 0 Å². The standard InChI is InChI=1S/Li.Mn.Ni.H2O3Si.H/c;;;1-4(2)3;/h;;;1-2H;/q+1;;;;-1. The zero-order chi connectivity index (χ0) is 3.58. The van der Waals surface area contributed by atoms with E-state index < -0.39 is 9.17 Å². The monoisotopic (exact) mass is 199 g/mol. The molecule has 43 valence electrons. The molecule has 0 atom stereocenters. The summed E-state index contributed by atoms with van der Waals surface area (Å²) in [5.41, 5.74) is 0. The fourth-order valence-corrected chi connectivity index (χ4v) is 0. The molecule has 7 heteroatoms. The van der Waals surface area contributed by atoms with Crippen molar-refractivity contribution in [3.63, 3.8) is 0 Å². The zero-order valence-corrected chi connectivity index (χ0v) is 6.66. The van der Waals surface area contributed by atoms with E-state index in [4.69, 9.17) is 14.1 Å². The van der Waals surface area contributed by atoms with Crippen molar-refractivity contribution >= 4 is 9.17 Å². The minimum Gasteiger partial charge on any atom is -1.00 e. The smallest absolute Gasteiger partial charge is 1.00 e. The molecule has 0 fully saturated rings. The first-order valence-electron chi connectivity index (χ1n) is 0.651. The third kappa shape index (κ3) is 131. The molecule has 1 radical (unpaired) electrons. The molecule has 0 aromatic rings. The van der Waals surface area contributed by atoms with Gasteiger partial charge in [-0.1, -0.05) is 0 Å². The van der Waals surface area contributed by atoms with Gasteiger partial charge in [0.05, 0.1) is 0 Å². The summed E-state index contributed by atoms with van der Waals surface area (Å²) in [7, 11) is -3.13. The molecule has 0 unspecified atom stereocenters. The molecular weight excluding hydrogens is 197 g/mol. The molecule has 0 aliphatic heterocycles. The van der Waals surface area contributed by atoms with Crippen molar-refractivity contribution in [2.75, 3.05) is 0 Å². The Hall–Kier alpha value is 1.23. The van der Waals surface area contributed by atoms with E-state index in [1.807, 2.05) is 0 Å². The normalized spacial score (nSPS) is 3.43. The van der Waals surface area contributed by atoms with Crippen LogP contribution in [0.25, 0.3) is 0 Å². The summed E-state index contributed by atoms with van der Waals surface area (Å²) in [6.45, 7) is 0. The summed E-state index contributed by atoms with van der Waals surface area (Å²) >= 11 is 0. The van der Waals surface area contributed by atoms with Crippen LogP contribution < -0.4 is 18.9 Å². The van der Waals surface area contributed by atoms with Gasteiger partial charge in [0, 0.05) is 33.6 Å². The molecule has 0 saturated heterocycles. The Morgan fingerprint density at radius 2 is 1.43 bits per heavy atom. The summed E-state index contributed by atoms with van der Waals surface area (Å²) in [5, 5.41) is 0. The van der Waals surface area contributed by atoms with E-state index in [-0.39, 0.29) is 53.8 Å². The molecule has 0 spiro atoms. The van der Waals surface area contributed by atoms with Gasteiger partial charge in [-0.15, -0.1) is 0 Å². The Kier molecular flexibility index (Phi) is 53.9. The number of rotatable bonds is 0. The molecule has 0 aliphatic rings. The van der Waals surface area contributed by atoms with Gasteiger partial charge < -0.3 is 11.0 Å². The molecule has 0 amide bonds. The van der Waals surface area contributed by atoms with Gasteiger partial charge in [-0.3, -0.25) is 4.46 Å². The van der Waals surface area contributed by atoms with Gasteiger partial charge in [0.2, 0.25) is 0 Å². The van der Waals surface area contributed by atoms with Crippen molar-refractivity contribution in [3.8, 4) is 0 Å². The number of hydrogen-bond acceptors (Lipinski definition) is 1. The topological polar surface area (TPSA) is 57.5 Å². The molecule has 0 bridgehead atoms. The summed E-state index contributed by atoms with van der Waals surface area (Å²) < 4.78 is 8.74. The Balaban J connectivity index is -0.00000000750. The second-order valence-corrected chi connectivity index (χ2v) is 0.848. The number of hydrogen-bond donors (Lipinski definition) is 2. The van der Waals surface area contributed by atoms with Crippen LogP contribution in [0.4, 0.5) is 0 Å². The third-order valence-electron chi connectivity index (χ3n) is 0. The minimum absolute atomic E-state index is 0. The quantitative estimate of drug-likeness (QED) is 0.387. The van der Waals surface area contributed by atoms with Crippen molar-refractivity contribution in [3.05, 3.63) is 0 Å². The molecule has 0 aliphatic carbocycles. The SMILES string of the molecule is O=[Si](O)O.[H-].[Li+].[Mn].[Ni]. The van der Waals surface area contributed by atoms with Crippen LogP contribution in [0.3, 0.4) is 0 Å². The fourth-order valence-electron chi connectivity index (χ4n) is 0. The Morgan fingerprint density at radius 3 is 1.43 bits per heavy atom. The van der Waals surface area contributed by atoms with E-state index in [1.54, 1.807) is 0 Å². The zero-order valence-electron chi connectivity index (χ0n) is 4.50. The van der Waals surface area contributed by atoms with Gasteiger partial charge in [0.25, 0.3) is 0 Å². The van der Waals surface area contributed by atoms with Gasteiger partial charge in [-0.05, 0) is 0 Å². The van der Waals surface area contributed by atoms with E-state index in [1.165, 1.54) is 0 Å². The van der Waals surface area contributed by atoms with Gasteiger partial charge in [0.1, 0.15) is 0 Å². The van der Waals surface area contributed by atoms with Gasteiger partial charge in [-0.2, -0.15) is 0 Å². The van der Waals surface area contributed by atoms with Crippen molar-refractivity contribution in [2.24, 2.45) is 0 Å². The van der Waals surface area contributed by atoms with Gasteiger partial charge in [-0.25, -0.2) is 0 Å². The largest absolute Gasteiger partial charge is 1.00 e.